The lowest BCUT2D eigenvalue weighted by Crippen LogP contribution is -2.49. The molecule has 0 radical (unpaired) electrons. The Morgan fingerprint density at radius 3 is 2.32 bits per heavy atom. The molecule has 1 amide bonds. The second-order valence-corrected chi connectivity index (χ2v) is 7.29. The first-order chi connectivity index (χ1) is 13.7. The SMILES string of the molecule is CCN1CCN(c2ccnc(C(=O)N3CCN(c4ccccn4)CC3)c2)CC1. The van der Waals surface area contributed by atoms with Crippen LogP contribution in [0.25, 0.3) is 0 Å². The summed E-state index contributed by atoms with van der Waals surface area (Å²) >= 11 is 0. The number of anilines is 2. The number of carbonyl (C=O) groups excluding carboxylic acids is 1. The second-order valence-electron chi connectivity index (χ2n) is 7.29. The zero-order valence-electron chi connectivity index (χ0n) is 16.5. The number of pyridine rings is 2. The molecule has 0 bridgehead atoms. The topological polar surface area (TPSA) is 55.8 Å². The van der Waals surface area contributed by atoms with E-state index in [1.807, 2.05) is 41.4 Å². The van der Waals surface area contributed by atoms with Crippen molar-refractivity contribution in [2.24, 2.45) is 0 Å². The van der Waals surface area contributed by atoms with Crippen LogP contribution in [0.15, 0.2) is 42.7 Å². The fraction of sp³-hybridized carbons (Fsp3) is 0.476. The van der Waals surface area contributed by atoms with Gasteiger partial charge in [0.05, 0.1) is 0 Å². The molecule has 148 valence electrons. The van der Waals surface area contributed by atoms with Gasteiger partial charge in [-0.25, -0.2) is 4.98 Å². The van der Waals surface area contributed by atoms with Crippen LogP contribution in [-0.4, -0.2) is 84.6 Å². The highest BCUT2D eigenvalue weighted by Crippen LogP contribution is 2.19. The minimum absolute atomic E-state index is 0.0229. The molecular weight excluding hydrogens is 352 g/mol. The van der Waals surface area contributed by atoms with Crippen LogP contribution >= 0.6 is 0 Å². The lowest BCUT2D eigenvalue weighted by Gasteiger charge is -2.36. The lowest BCUT2D eigenvalue weighted by molar-refractivity contribution is 0.0740. The van der Waals surface area contributed by atoms with Crippen molar-refractivity contribution in [2.75, 3.05) is 68.7 Å². The Bertz CT molecular complexity index is 782. The first kappa shape index (κ1) is 18.7. The average Bonchev–Trinajstić information content (AvgIpc) is 2.79. The van der Waals surface area contributed by atoms with E-state index < -0.39 is 0 Å². The Morgan fingerprint density at radius 1 is 0.893 bits per heavy atom. The molecular formula is C21H28N6O. The number of aromatic nitrogens is 2. The van der Waals surface area contributed by atoms with Crippen LogP contribution in [0.3, 0.4) is 0 Å². The molecule has 2 aliphatic heterocycles. The van der Waals surface area contributed by atoms with E-state index >= 15 is 0 Å². The van der Waals surface area contributed by atoms with Crippen molar-refractivity contribution in [3.05, 3.63) is 48.4 Å². The Hall–Kier alpha value is -2.67. The zero-order chi connectivity index (χ0) is 19.3. The predicted octanol–water partition coefficient (Wildman–Crippen LogP) is 1.58. The van der Waals surface area contributed by atoms with Gasteiger partial charge in [0.25, 0.3) is 5.91 Å². The summed E-state index contributed by atoms with van der Waals surface area (Å²) in [5, 5.41) is 0. The van der Waals surface area contributed by atoms with Crippen LogP contribution in [0.1, 0.15) is 17.4 Å². The number of rotatable bonds is 4. The molecule has 2 aromatic rings. The fourth-order valence-electron chi connectivity index (χ4n) is 3.90. The van der Waals surface area contributed by atoms with E-state index in [-0.39, 0.29) is 5.91 Å². The molecule has 0 spiro atoms. The number of piperazine rings is 2. The van der Waals surface area contributed by atoms with Gasteiger partial charge in [0, 0.05) is 70.4 Å². The van der Waals surface area contributed by atoms with Crippen LogP contribution in [0, 0.1) is 0 Å². The van der Waals surface area contributed by atoms with E-state index in [0.717, 1.165) is 57.3 Å². The summed E-state index contributed by atoms with van der Waals surface area (Å²) in [5.74, 6) is 0.996. The lowest BCUT2D eigenvalue weighted by atomic mass is 10.2. The number of carbonyl (C=O) groups is 1. The van der Waals surface area contributed by atoms with E-state index in [4.69, 9.17) is 0 Å². The Kier molecular flexibility index (Phi) is 5.71. The van der Waals surface area contributed by atoms with Gasteiger partial charge in [-0.1, -0.05) is 13.0 Å². The summed E-state index contributed by atoms with van der Waals surface area (Å²) < 4.78 is 0. The summed E-state index contributed by atoms with van der Waals surface area (Å²) in [6.45, 7) is 10.4. The predicted molar refractivity (Wildman–Crippen MR) is 111 cm³/mol. The van der Waals surface area contributed by atoms with Crippen LogP contribution < -0.4 is 9.80 Å². The molecule has 28 heavy (non-hydrogen) atoms. The van der Waals surface area contributed by atoms with E-state index in [0.29, 0.717) is 18.8 Å². The molecule has 4 rings (SSSR count). The molecule has 7 heteroatoms. The van der Waals surface area contributed by atoms with Crippen LogP contribution in [-0.2, 0) is 0 Å². The third-order valence-corrected chi connectivity index (χ3v) is 5.69. The van der Waals surface area contributed by atoms with Crippen LogP contribution in [0.5, 0.6) is 0 Å². The van der Waals surface area contributed by atoms with Crippen molar-refractivity contribution in [3.8, 4) is 0 Å². The fourth-order valence-corrected chi connectivity index (χ4v) is 3.90. The second kappa shape index (κ2) is 8.56. The van der Waals surface area contributed by atoms with E-state index in [9.17, 15) is 4.79 Å². The zero-order valence-corrected chi connectivity index (χ0v) is 16.5. The third-order valence-electron chi connectivity index (χ3n) is 5.69. The van der Waals surface area contributed by atoms with Gasteiger partial charge < -0.3 is 19.6 Å². The number of nitrogens with zero attached hydrogens (tertiary/aromatic N) is 6. The van der Waals surface area contributed by atoms with Crippen molar-refractivity contribution in [3.63, 3.8) is 0 Å². The standard InChI is InChI=1S/C21H28N6O/c1-2-24-9-11-25(12-10-24)18-6-8-22-19(17-18)21(28)27-15-13-26(14-16-27)20-5-3-4-7-23-20/h3-8,17H,2,9-16H2,1H3. The molecule has 2 aliphatic rings. The van der Waals surface area contributed by atoms with Crippen LogP contribution in [0.4, 0.5) is 11.5 Å². The molecule has 2 fully saturated rings. The van der Waals surface area contributed by atoms with Gasteiger partial charge in [-0.3, -0.25) is 9.78 Å². The number of hydrogen-bond acceptors (Lipinski definition) is 6. The Labute approximate surface area is 166 Å². The largest absolute Gasteiger partial charge is 0.369 e. The highest BCUT2D eigenvalue weighted by atomic mass is 16.2. The van der Waals surface area contributed by atoms with Crippen molar-refractivity contribution in [2.45, 2.75) is 6.92 Å². The first-order valence-corrected chi connectivity index (χ1v) is 10.1. The molecule has 0 atom stereocenters. The summed E-state index contributed by atoms with van der Waals surface area (Å²) in [6, 6.07) is 9.90. The van der Waals surface area contributed by atoms with Crippen molar-refractivity contribution < 1.29 is 4.79 Å². The van der Waals surface area contributed by atoms with Crippen molar-refractivity contribution in [1.82, 2.24) is 19.8 Å². The molecule has 0 N–H and O–H groups in total. The van der Waals surface area contributed by atoms with E-state index in [2.05, 4.69) is 31.6 Å². The van der Waals surface area contributed by atoms with Crippen LogP contribution in [0.2, 0.25) is 0 Å². The summed E-state index contributed by atoms with van der Waals surface area (Å²) in [7, 11) is 0. The molecule has 2 saturated heterocycles. The normalized spacial score (nSPS) is 18.4. The summed E-state index contributed by atoms with van der Waals surface area (Å²) in [6.07, 6.45) is 3.57. The maximum Gasteiger partial charge on any atom is 0.272 e. The molecule has 0 saturated carbocycles. The maximum atomic E-state index is 13.0. The van der Waals surface area contributed by atoms with Crippen molar-refractivity contribution >= 4 is 17.4 Å². The molecule has 0 aliphatic carbocycles. The number of likely N-dealkylation sites (N-methyl/N-ethyl adjacent to an activating group) is 1. The summed E-state index contributed by atoms with van der Waals surface area (Å²) in [5.41, 5.74) is 1.64. The summed E-state index contributed by atoms with van der Waals surface area (Å²) in [4.78, 5) is 30.7. The van der Waals surface area contributed by atoms with Gasteiger partial charge in [0.2, 0.25) is 0 Å². The van der Waals surface area contributed by atoms with Gasteiger partial charge in [-0.2, -0.15) is 0 Å². The molecule has 7 nitrogen and oxygen atoms in total. The molecule has 2 aromatic heterocycles. The highest BCUT2D eigenvalue weighted by molar-refractivity contribution is 5.93. The smallest absolute Gasteiger partial charge is 0.272 e. The molecule has 4 heterocycles. The average molecular weight is 380 g/mol. The van der Waals surface area contributed by atoms with Gasteiger partial charge >= 0.3 is 0 Å². The number of amides is 1. The van der Waals surface area contributed by atoms with Gasteiger partial charge in [-0.05, 0) is 30.8 Å². The minimum atomic E-state index is 0.0229. The van der Waals surface area contributed by atoms with Crippen molar-refractivity contribution in [1.29, 1.82) is 0 Å². The van der Waals surface area contributed by atoms with Gasteiger partial charge in [0.1, 0.15) is 11.5 Å². The quantitative estimate of drug-likeness (QED) is 0.803. The van der Waals surface area contributed by atoms with Gasteiger partial charge in [0.15, 0.2) is 0 Å². The first-order valence-electron chi connectivity index (χ1n) is 10.1. The van der Waals surface area contributed by atoms with E-state index in [1.54, 1.807) is 6.20 Å². The maximum absolute atomic E-state index is 13.0. The highest BCUT2D eigenvalue weighted by Gasteiger charge is 2.24. The molecule has 0 aromatic carbocycles. The monoisotopic (exact) mass is 380 g/mol. The Balaban J connectivity index is 1.38. The number of hydrogen-bond donors (Lipinski definition) is 0. The minimum Gasteiger partial charge on any atom is -0.369 e. The molecule has 0 unspecified atom stereocenters. The van der Waals surface area contributed by atoms with E-state index in [1.165, 1.54) is 0 Å². The third kappa shape index (κ3) is 4.09. The van der Waals surface area contributed by atoms with Gasteiger partial charge in [-0.15, -0.1) is 0 Å². The Morgan fingerprint density at radius 2 is 1.64 bits per heavy atom.